The number of hydrogen-bond acceptors (Lipinski definition) is 2. The van der Waals surface area contributed by atoms with Crippen LogP contribution in [0.1, 0.15) is 37.8 Å². The molecule has 1 saturated heterocycles. The molecule has 0 spiro atoms. The van der Waals surface area contributed by atoms with Gasteiger partial charge in [0.25, 0.3) is 0 Å². The molecule has 1 heterocycles. The van der Waals surface area contributed by atoms with Crippen molar-refractivity contribution in [3.05, 3.63) is 48.6 Å². The van der Waals surface area contributed by atoms with Crippen LogP contribution < -0.4 is 5.32 Å². The Hall–Kier alpha value is -2.10. The minimum absolute atomic E-state index is 0.0506. The van der Waals surface area contributed by atoms with Crippen molar-refractivity contribution >= 4 is 11.8 Å². The van der Waals surface area contributed by atoms with Crippen LogP contribution >= 0.6 is 0 Å². The summed E-state index contributed by atoms with van der Waals surface area (Å²) >= 11 is 0. The molecule has 0 aliphatic carbocycles. The Balaban J connectivity index is 2.24. The predicted molar refractivity (Wildman–Crippen MR) is 82.5 cm³/mol. The third kappa shape index (κ3) is 3.51. The Bertz CT molecular complexity index is 513. The first-order valence-electron chi connectivity index (χ1n) is 7.44. The highest BCUT2D eigenvalue weighted by Gasteiger charge is 2.33. The summed E-state index contributed by atoms with van der Waals surface area (Å²) in [4.78, 5) is 26.4. The summed E-state index contributed by atoms with van der Waals surface area (Å²) in [6.45, 7) is 6.31. The molecule has 1 aromatic carbocycles. The molecule has 0 saturated carbocycles. The molecule has 4 nitrogen and oxygen atoms in total. The van der Waals surface area contributed by atoms with Gasteiger partial charge in [-0.2, -0.15) is 0 Å². The highest BCUT2D eigenvalue weighted by Crippen LogP contribution is 2.24. The second-order valence-corrected chi connectivity index (χ2v) is 5.24. The summed E-state index contributed by atoms with van der Waals surface area (Å²) in [5.74, 6) is -0.169. The monoisotopic (exact) mass is 286 g/mol. The van der Waals surface area contributed by atoms with Crippen LogP contribution in [-0.4, -0.2) is 29.3 Å². The number of amides is 2. The lowest BCUT2D eigenvalue weighted by molar-refractivity contribution is -0.136. The lowest BCUT2D eigenvalue weighted by atomic mass is 10.0. The van der Waals surface area contributed by atoms with Crippen LogP contribution in [0.5, 0.6) is 0 Å². The summed E-state index contributed by atoms with van der Waals surface area (Å²) in [5, 5.41) is 2.84. The van der Waals surface area contributed by atoms with Crippen molar-refractivity contribution in [2.24, 2.45) is 0 Å². The molecule has 1 aromatic rings. The second-order valence-electron chi connectivity index (χ2n) is 5.24. The number of rotatable bonds is 5. The van der Waals surface area contributed by atoms with Gasteiger partial charge in [-0.05, 0) is 18.4 Å². The SMILES string of the molecule is C=C[C@@H]1CCCN1C(=O)[C@H](NC(=O)CC)c1ccccc1. The molecule has 1 aliphatic rings. The summed E-state index contributed by atoms with van der Waals surface area (Å²) in [5.41, 5.74) is 0.819. The first kappa shape index (κ1) is 15.3. The van der Waals surface area contributed by atoms with Gasteiger partial charge < -0.3 is 10.2 Å². The Kier molecular flexibility index (Phi) is 5.14. The molecule has 0 radical (unpaired) electrons. The van der Waals surface area contributed by atoms with Gasteiger partial charge in [0.05, 0.1) is 0 Å². The van der Waals surface area contributed by atoms with E-state index in [0.717, 1.165) is 24.9 Å². The maximum absolute atomic E-state index is 12.8. The summed E-state index contributed by atoms with van der Waals surface area (Å²) in [6, 6.07) is 8.86. The Morgan fingerprint density at radius 2 is 2.14 bits per heavy atom. The van der Waals surface area contributed by atoms with E-state index < -0.39 is 6.04 Å². The van der Waals surface area contributed by atoms with E-state index in [1.54, 1.807) is 6.92 Å². The standard InChI is InChI=1S/C17H22N2O2/c1-3-14-11-8-12-19(14)17(21)16(18-15(20)4-2)13-9-6-5-7-10-13/h3,5-7,9-10,14,16H,1,4,8,11-12H2,2H3,(H,18,20)/t14-,16-/m1/s1. The molecular weight excluding hydrogens is 264 g/mol. The lowest BCUT2D eigenvalue weighted by Crippen LogP contribution is -2.44. The first-order valence-corrected chi connectivity index (χ1v) is 7.44. The summed E-state index contributed by atoms with van der Waals surface area (Å²) < 4.78 is 0. The Labute approximate surface area is 125 Å². The molecule has 4 heteroatoms. The van der Waals surface area contributed by atoms with Gasteiger partial charge in [-0.3, -0.25) is 9.59 Å². The van der Waals surface area contributed by atoms with E-state index in [1.165, 1.54) is 0 Å². The number of carbonyl (C=O) groups is 2. The Morgan fingerprint density at radius 1 is 1.43 bits per heavy atom. The number of hydrogen-bond donors (Lipinski definition) is 1. The van der Waals surface area contributed by atoms with Gasteiger partial charge in [0.2, 0.25) is 11.8 Å². The molecule has 2 amide bonds. The smallest absolute Gasteiger partial charge is 0.250 e. The number of nitrogens with zero attached hydrogens (tertiary/aromatic N) is 1. The third-order valence-corrected chi connectivity index (χ3v) is 3.86. The fourth-order valence-electron chi connectivity index (χ4n) is 2.67. The third-order valence-electron chi connectivity index (χ3n) is 3.86. The van der Waals surface area contributed by atoms with Crippen molar-refractivity contribution < 1.29 is 9.59 Å². The molecule has 0 aromatic heterocycles. The minimum Gasteiger partial charge on any atom is -0.341 e. The van der Waals surface area contributed by atoms with Crippen LogP contribution in [0, 0.1) is 0 Å². The number of likely N-dealkylation sites (tertiary alicyclic amines) is 1. The fourth-order valence-corrected chi connectivity index (χ4v) is 2.67. The average Bonchev–Trinajstić information content (AvgIpc) is 3.01. The van der Waals surface area contributed by atoms with E-state index in [1.807, 2.05) is 41.3 Å². The van der Waals surface area contributed by atoms with Crippen molar-refractivity contribution in [2.45, 2.75) is 38.3 Å². The van der Waals surface area contributed by atoms with Crippen LogP contribution in [0.4, 0.5) is 0 Å². The van der Waals surface area contributed by atoms with Crippen molar-refractivity contribution in [2.75, 3.05) is 6.54 Å². The number of benzene rings is 1. The molecule has 2 rings (SSSR count). The molecule has 112 valence electrons. The largest absolute Gasteiger partial charge is 0.341 e. The molecule has 0 bridgehead atoms. The second kappa shape index (κ2) is 7.07. The van der Waals surface area contributed by atoms with Crippen LogP contribution in [0.3, 0.4) is 0 Å². The van der Waals surface area contributed by atoms with E-state index in [9.17, 15) is 9.59 Å². The topological polar surface area (TPSA) is 49.4 Å². The van der Waals surface area contributed by atoms with E-state index in [0.29, 0.717) is 6.42 Å². The van der Waals surface area contributed by atoms with Gasteiger partial charge in [-0.1, -0.05) is 43.3 Å². The van der Waals surface area contributed by atoms with E-state index in [2.05, 4.69) is 11.9 Å². The van der Waals surface area contributed by atoms with Gasteiger partial charge >= 0.3 is 0 Å². The quantitative estimate of drug-likeness (QED) is 0.845. The molecule has 1 N–H and O–H groups in total. The number of nitrogens with one attached hydrogen (secondary N) is 1. The zero-order chi connectivity index (χ0) is 15.2. The maximum Gasteiger partial charge on any atom is 0.250 e. The van der Waals surface area contributed by atoms with E-state index in [-0.39, 0.29) is 17.9 Å². The molecule has 1 fully saturated rings. The molecule has 0 unspecified atom stereocenters. The summed E-state index contributed by atoms with van der Waals surface area (Å²) in [7, 11) is 0. The van der Waals surface area contributed by atoms with Gasteiger partial charge in [-0.15, -0.1) is 6.58 Å². The summed E-state index contributed by atoms with van der Waals surface area (Å²) in [6.07, 6.45) is 4.10. The van der Waals surface area contributed by atoms with Gasteiger partial charge in [-0.25, -0.2) is 0 Å². The van der Waals surface area contributed by atoms with Crippen LogP contribution in [-0.2, 0) is 9.59 Å². The highest BCUT2D eigenvalue weighted by atomic mass is 16.2. The fraction of sp³-hybridized carbons (Fsp3) is 0.412. The Morgan fingerprint density at radius 3 is 2.76 bits per heavy atom. The number of carbonyl (C=O) groups excluding carboxylic acids is 2. The van der Waals surface area contributed by atoms with Gasteiger partial charge in [0.1, 0.15) is 6.04 Å². The minimum atomic E-state index is -0.612. The molecule has 21 heavy (non-hydrogen) atoms. The average molecular weight is 286 g/mol. The zero-order valence-electron chi connectivity index (χ0n) is 12.4. The van der Waals surface area contributed by atoms with Crippen molar-refractivity contribution in [3.8, 4) is 0 Å². The van der Waals surface area contributed by atoms with Gasteiger partial charge in [0.15, 0.2) is 0 Å². The molecule has 2 atom stereocenters. The van der Waals surface area contributed by atoms with Crippen LogP contribution in [0.25, 0.3) is 0 Å². The predicted octanol–water partition coefficient (Wildman–Crippen LogP) is 2.43. The van der Waals surface area contributed by atoms with Crippen molar-refractivity contribution in [1.82, 2.24) is 10.2 Å². The van der Waals surface area contributed by atoms with Crippen molar-refractivity contribution in [3.63, 3.8) is 0 Å². The highest BCUT2D eigenvalue weighted by molar-refractivity contribution is 5.89. The lowest BCUT2D eigenvalue weighted by Gasteiger charge is -2.28. The van der Waals surface area contributed by atoms with Crippen LogP contribution in [0.2, 0.25) is 0 Å². The zero-order valence-corrected chi connectivity index (χ0v) is 12.4. The molecular formula is C17H22N2O2. The van der Waals surface area contributed by atoms with E-state index >= 15 is 0 Å². The maximum atomic E-state index is 12.8. The van der Waals surface area contributed by atoms with Crippen molar-refractivity contribution in [1.29, 1.82) is 0 Å². The van der Waals surface area contributed by atoms with Gasteiger partial charge in [0, 0.05) is 19.0 Å². The van der Waals surface area contributed by atoms with Crippen LogP contribution in [0.15, 0.2) is 43.0 Å². The first-order chi connectivity index (χ1) is 10.2. The normalized spacial score (nSPS) is 19.1. The molecule has 1 aliphatic heterocycles. The van der Waals surface area contributed by atoms with E-state index in [4.69, 9.17) is 0 Å².